The summed E-state index contributed by atoms with van der Waals surface area (Å²) in [6.45, 7) is 4.56. The lowest BCUT2D eigenvalue weighted by atomic mass is 10.0. The lowest BCUT2D eigenvalue weighted by Crippen LogP contribution is -2.03. The monoisotopic (exact) mass is 292 g/mol. The van der Waals surface area contributed by atoms with E-state index in [0.29, 0.717) is 22.8 Å². The van der Waals surface area contributed by atoms with Gasteiger partial charge in [0.25, 0.3) is 0 Å². The quantitative estimate of drug-likeness (QED) is 0.785. The van der Waals surface area contributed by atoms with Crippen LogP contribution in [-0.4, -0.2) is 17.1 Å². The van der Waals surface area contributed by atoms with Crippen LogP contribution in [0.4, 0.5) is 0 Å². The van der Waals surface area contributed by atoms with Gasteiger partial charge in [0.2, 0.25) is 5.88 Å². The highest BCUT2D eigenvalue weighted by Crippen LogP contribution is 2.20. The Bertz CT molecular complexity index is 571. The average molecular weight is 293 g/mol. The molecular weight excluding hydrogens is 276 g/mol. The van der Waals surface area contributed by atoms with E-state index in [9.17, 15) is 0 Å². The van der Waals surface area contributed by atoms with Crippen molar-refractivity contribution in [2.45, 2.75) is 26.4 Å². The Kier molecular flexibility index (Phi) is 4.79. The van der Waals surface area contributed by atoms with Gasteiger partial charge < -0.3 is 9.47 Å². The number of nitrogens with zero attached hydrogens (tertiary/aromatic N) is 2. The van der Waals surface area contributed by atoms with Crippen LogP contribution in [-0.2, 0) is 6.61 Å². The zero-order valence-electron chi connectivity index (χ0n) is 11.8. The standard InChI is InChI=1S/C15H17ClN2O2/c1-10(2)11-4-6-12(7-5-11)20-9-14-17-13(16)8-15(18-14)19-3/h4-8,10H,9H2,1-3H3. The first-order valence-electron chi connectivity index (χ1n) is 6.38. The van der Waals surface area contributed by atoms with Crippen LogP contribution in [0.3, 0.4) is 0 Å². The maximum absolute atomic E-state index is 5.88. The Morgan fingerprint density at radius 2 is 1.85 bits per heavy atom. The fourth-order valence-electron chi connectivity index (χ4n) is 1.71. The van der Waals surface area contributed by atoms with Crippen LogP contribution in [0.25, 0.3) is 0 Å². The molecule has 20 heavy (non-hydrogen) atoms. The minimum atomic E-state index is 0.248. The molecule has 0 N–H and O–H groups in total. The van der Waals surface area contributed by atoms with Crippen molar-refractivity contribution in [2.75, 3.05) is 7.11 Å². The highest BCUT2D eigenvalue weighted by atomic mass is 35.5. The first-order chi connectivity index (χ1) is 9.58. The van der Waals surface area contributed by atoms with Crippen molar-refractivity contribution < 1.29 is 9.47 Å². The normalized spacial score (nSPS) is 10.7. The predicted octanol–water partition coefficient (Wildman–Crippen LogP) is 3.84. The van der Waals surface area contributed by atoms with Gasteiger partial charge in [-0.2, -0.15) is 4.98 Å². The molecule has 0 spiro atoms. The molecule has 0 amide bonds. The molecule has 5 heteroatoms. The maximum atomic E-state index is 5.88. The minimum absolute atomic E-state index is 0.248. The topological polar surface area (TPSA) is 44.2 Å². The molecule has 0 atom stereocenters. The molecular formula is C15H17ClN2O2. The summed E-state index contributed by atoms with van der Waals surface area (Å²) < 4.78 is 10.7. The molecule has 0 aliphatic rings. The molecule has 1 heterocycles. The molecule has 4 nitrogen and oxygen atoms in total. The number of aromatic nitrogens is 2. The van der Waals surface area contributed by atoms with Crippen molar-refractivity contribution in [3.63, 3.8) is 0 Å². The number of halogens is 1. The molecule has 0 saturated carbocycles. The van der Waals surface area contributed by atoms with E-state index < -0.39 is 0 Å². The van der Waals surface area contributed by atoms with Gasteiger partial charge in [-0.05, 0) is 23.6 Å². The first-order valence-corrected chi connectivity index (χ1v) is 6.76. The van der Waals surface area contributed by atoms with E-state index in [1.165, 1.54) is 12.7 Å². The minimum Gasteiger partial charge on any atom is -0.486 e. The number of methoxy groups -OCH3 is 1. The van der Waals surface area contributed by atoms with Crippen molar-refractivity contribution in [1.29, 1.82) is 0 Å². The second-order valence-electron chi connectivity index (χ2n) is 4.66. The molecule has 1 aromatic carbocycles. The number of hydrogen-bond acceptors (Lipinski definition) is 4. The summed E-state index contributed by atoms with van der Waals surface area (Å²) in [6.07, 6.45) is 0. The van der Waals surface area contributed by atoms with Gasteiger partial charge in [0.05, 0.1) is 7.11 Å². The Balaban J connectivity index is 2.03. The molecule has 2 rings (SSSR count). The maximum Gasteiger partial charge on any atom is 0.217 e. The van der Waals surface area contributed by atoms with Crippen molar-refractivity contribution in [3.8, 4) is 11.6 Å². The van der Waals surface area contributed by atoms with Gasteiger partial charge in [-0.3, -0.25) is 0 Å². The van der Waals surface area contributed by atoms with Crippen molar-refractivity contribution in [2.24, 2.45) is 0 Å². The SMILES string of the molecule is COc1cc(Cl)nc(COc2ccc(C(C)C)cc2)n1. The summed E-state index contributed by atoms with van der Waals surface area (Å²) in [6, 6.07) is 9.55. The largest absolute Gasteiger partial charge is 0.486 e. The van der Waals surface area contributed by atoms with E-state index >= 15 is 0 Å². The molecule has 2 aromatic rings. The van der Waals surface area contributed by atoms with Crippen LogP contribution < -0.4 is 9.47 Å². The molecule has 0 fully saturated rings. The molecule has 0 bridgehead atoms. The van der Waals surface area contributed by atoms with Gasteiger partial charge in [0, 0.05) is 6.07 Å². The highest BCUT2D eigenvalue weighted by Gasteiger charge is 2.05. The fraction of sp³-hybridized carbons (Fsp3) is 0.333. The van der Waals surface area contributed by atoms with Crippen molar-refractivity contribution in [3.05, 3.63) is 46.9 Å². The number of hydrogen-bond donors (Lipinski definition) is 0. The zero-order valence-corrected chi connectivity index (χ0v) is 12.5. The fourth-order valence-corrected chi connectivity index (χ4v) is 1.90. The van der Waals surface area contributed by atoms with Gasteiger partial charge in [-0.25, -0.2) is 4.98 Å². The summed E-state index contributed by atoms with van der Waals surface area (Å²) in [7, 11) is 1.54. The Hall–Kier alpha value is -1.81. The van der Waals surface area contributed by atoms with Crippen LogP contribution in [0.5, 0.6) is 11.6 Å². The van der Waals surface area contributed by atoms with E-state index in [4.69, 9.17) is 21.1 Å². The second kappa shape index (κ2) is 6.57. The van der Waals surface area contributed by atoms with Gasteiger partial charge in [0.15, 0.2) is 5.82 Å². The predicted molar refractivity (Wildman–Crippen MR) is 78.5 cm³/mol. The Morgan fingerprint density at radius 1 is 1.15 bits per heavy atom. The molecule has 0 unspecified atom stereocenters. The summed E-state index contributed by atoms with van der Waals surface area (Å²) in [5.74, 6) is 2.20. The van der Waals surface area contributed by atoms with Gasteiger partial charge in [0.1, 0.15) is 17.5 Å². The zero-order chi connectivity index (χ0) is 14.5. The summed E-state index contributed by atoms with van der Waals surface area (Å²) >= 11 is 5.88. The lowest BCUT2D eigenvalue weighted by molar-refractivity contribution is 0.292. The summed E-state index contributed by atoms with van der Waals surface area (Å²) in [5, 5.41) is 0.339. The molecule has 0 aliphatic carbocycles. The molecule has 0 saturated heterocycles. The molecule has 0 radical (unpaired) electrons. The van der Waals surface area contributed by atoms with Gasteiger partial charge in [-0.15, -0.1) is 0 Å². The van der Waals surface area contributed by atoms with E-state index in [1.807, 2.05) is 12.1 Å². The molecule has 0 aliphatic heterocycles. The van der Waals surface area contributed by atoms with Crippen LogP contribution in [0.15, 0.2) is 30.3 Å². The van der Waals surface area contributed by atoms with E-state index in [-0.39, 0.29) is 6.61 Å². The van der Waals surface area contributed by atoms with Crippen LogP contribution >= 0.6 is 11.6 Å². The smallest absolute Gasteiger partial charge is 0.217 e. The second-order valence-corrected chi connectivity index (χ2v) is 5.05. The van der Waals surface area contributed by atoms with Gasteiger partial charge in [-0.1, -0.05) is 37.6 Å². The lowest BCUT2D eigenvalue weighted by Gasteiger charge is -2.09. The van der Waals surface area contributed by atoms with E-state index in [0.717, 1.165) is 5.75 Å². The van der Waals surface area contributed by atoms with Crippen LogP contribution in [0, 0.1) is 0 Å². The van der Waals surface area contributed by atoms with Crippen molar-refractivity contribution >= 4 is 11.6 Å². The Labute approximate surface area is 123 Å². The van der Waals surface area contributed by atoms with Crippen LogP contribution in [0.2, 0.25) is 5.15 Å². The van der Waals surface area contributed by atoms with Crippen molar-refractivity contribution in [1.82, 2.24) is 9.97 Å². The third kappa shape index (κ3) is 3.84. The van der Waals surface area contributed by atoms with Gasteiger partial charge >= 0.3 is 0 Å². The average Bonchev–Trinajstić information content (AvgIpc) is 2.45. The number of ether oxygens (including phenoxy) is 2. The van der Waals surface area contributed by atoms with E-state index in [1.54, 1.807) is 6.07 Å². The first kappa shape index (κ1) is 14.6. The highest BCUT2D eigenvalue weighted by molar-refractivity contribution is 6.29. The number of benzene rings is 1. The number of rotatable bonds is 5. The van der Waals surface area contributed by atoms with E-state index in [2.05, 4.69) is 35.9 Å². The molecule has 106 valence electrons. The third-order valence-electron chi connectivity index (χ3n) is 2.84. The van der Waals surface area contributed by atoms with Crippen LogP contribution in [0.1, 0.15) is 31.2 Å². The summed E-state index contributed by atoms with van der Waals surface area (Å²) in [4.78, 5) is 8.26. The summed E-state index contributed by atoms with van der Waals surface area (Å²) in [5.41, 5.74) is 1.28. The third-order valence-corrected chi connectivity index (χ3v) is 3.04. The molecule has 1 aromatic heterocycles. The Morgan fingerprint density at radius 3 is 2.45 bits per heavy atom.